The van der Waals surface area contributed by atoms with E-state index in [1.54, 1.807) is 18.2 Å². The molecule has 1 aromatic rings. The van der Waals surface area contributed by atoms with E-state index in [2.05, 4.69) is 27.7 Å². The Balaban J connectivity index is 2.95. The van der Waals surface area contributed by atoms with Crippen molar-refractivity contribution in [2.24, 2.45) is 11.8 Å². The lowest BCUT2D eigenvalue weighted by Gasteiger charge is -2.31. The van der Waals surface area contributed by atoms with Crippen LogP contribution in [0.25, 0.3) is 0 Å². The van der Waals surface area contributed by atoms with Crippen LogP contribution in [-0.2, 0) is 0 Å². The number of hydrogen-bond acceptors (Lipinski definition) is 2. The monoisotopic (exact) mass is 361 g/mol. The van der Waals surface area contributed by atoms with E-state index in [0.29, 0.717) is 17.4 Å². The Hall–Kier alpha value is -1.51. The summed E-state index contributed by atoms with van der Waals surface area (Å²) in [4.78, 5) is 15.2. The van der Waals surface area contributed by atoms with Crippen molar-refractivity contribution < 1.29 is 9.90 Å². The lowest BCUT2D eigenvalue weighted by molar-refractivity contribution is 0.0682. The van der Waals surface area contributed by atoms with Gasteiger partial charge < -0.3 is 10.0 Å². The molecule has 3 heteroatoms. The van der Waals surface area contributed by atoms with Crippen LogP contribution in [0, 0.1) is 11.8 Å². The second-order valence-electron chi connectivity index (χ2n) is 7.56. The summed E-state index contributed by atoms with van der Waals surface area (Å²) in [5, 5.41) is 10.1. The number of phenols is 1. The van der Waals surface area contributed by atoms with Crippen LogP contribution in [-0.4, -0.2) is 29.0 Å². The van der Waals surface area contributed by atoms with Crippen molar-refractivity contribution in [3.05, 3.63) is 29.8 Å². The maximum Gasteiger partial charge on any atom is 0.257 e. The molecule has 1 amide bonds. The third-order valence-electron chi connectivity index (χ3n) is 5.47. The normalized spacial score (nSPS) is 13.4. The number of carbonyl (C=O) groups excluding carboxylic acids is 1. The summed E-state index contributed by atoms with van der Waals surface area (Å²) >= 11 is 0. The van der Waals surface area contributed by atoms with Gasteiger partial charge in [-0.05, 0) is 36.8 Å². The second-order valence-corrected chi connectivity index (χ2v) is 7.56. The number of unbranched alkanes of at least 4 members (excludes halogenated alkanes) is 2. The SMILES string of the molecule is CCCCC(CC)CN(CC(CC)CCCC)C(=O)c1ccccc1O. The number of aromatic hydroxyl groups is 1. The van der Waals surface area contributed by atoms with Crippen LogP contribution in [0.3, 0.4) is 0 Å². The van der Waals surface area contributed by atoms with E-state index in [0.717, 1.165) is 25.9 Å². The van der Waals surface area contributed by atoms with Gasteiger partial charge in [0.1, 0.15) is 5.75 Å². The highest BCUT2D eigenvalue weighted by atomic mass is 16.3. The minimum absolute atomic E-state index is 0.0204. The fourth-order valence-electron chi connectivity index (χ4n) is 3.52. The van der Waals surface area contributed by atoms with Crippen molar-refractivity contribution in [2.75, 3.05) is 13.1 Å². The zero-order valence-electron chi connectivity index (χ0n) is 17.3. The lowest BCUT2D eigenvalue weighted by Crippen LogP contribution is -2.39. The van der Waals surface area contributed by atoms with Gasteiger partial charge in [-0.2, -0.15) is 0 Å². The number of hydrogen-bond donors (Lipinski definition) is 1. The van der Waals surface area contributed by atoms with Crippen LogP contribution < -0.4 is 0 Å². The van der Waals surface area contributed by atoms with Crippen LogP contribution in [0.15, 0.2) is 24.3 Å². The standard InChI is InChI=1S/C23H39NO2/c1-5-9-13-19(7-3)17-24(18-20(8-4)14-10-6-2)23(26)21-15-11-12-16-22(21)25/h11-12,15-16,19-20,25H,5-10,13-14,17-18H2,1-4H3. The topological polar surface area (TPSA) is 40.5 Å². The average Bonchev–Trinajstić information content (AvgIpc) is 2.66. The summed E-state index contributed by atoms with van der Waals surface area (Å²) in [6.07, 6.45) is 9.34. The third kappa shape index (κ3) is 7.39. The maximum atomic E-state index is 13.2. The molecule has 0 radical (unpaired) electrons. The van der Waals surface area contributed by atoms with Gasteiger partial charge in [-0.1, -0.05) is 78.4 Å². The Bertz CT molecular complexity index is 497. The zero-order valence-corrected chi connectivity index (χ0v) is 17.3. The summed E-state index contributed by atoms with van der Waals surface area (Å²) in [7, 11) is 0. The molecule has 0 bridgehead atoms. The van der Waals surface area contributed by atoms with Crippen molar-refractivity contribution in [2.45, 2.75) is 79.1 Å². The van der Waals surface area contributed by atoms with Gasteiger partial charge in [0.05, 0.1) is 5.56 Å². The molecule has 2 atom stereocenters. The molecule has 26 heavy (non-hydrogen) atoms. The van der Waals surface area contributed by atoms with Gasteiger partial charge in [0, 0.05) is 13.1 Å². The first kappa shape index (κ1) is 22.5. The predicted molar refractivity (Wildman–Crippen MR) is 111 cm³/mol. The number of rotatable bonds is 13. The lowest BCUT2D eigenvalue weighted by atomic mass is 9.95. The Morgan fingerprint density at radius 1 is 0.923 bits per heavy atom. The van der Waals surface area contributed by atoms with Gasteiger partial charge in [-0.3, -0.25) is 4.79 Å². The van der Waals surface area contributed by atoms with Gasteiger partial charge in [0.15, 0.2) is 0 Å². The van der Waals surface area contributed by atoms with Crippen molar-refractivity contribution in [1.82, 2.24) is 4.90 Å². The fraction of sp³-hybridized carbons (Fsp3) is 0.696. The van der Waals surface area contributed by atoms with E-state index in [4.69, 9.17) is 0 Å². The summed E-state index contributed by atoms with van der Waals surface area (Å²) in [6.45, 7) is 10.5. The number of amides is 1. The van der Waals surface area contributed by atoms with Crippen molar-refractivity contribution >= 4 is 5.91 Å². The Morgan fingerprint density at radius 2 is 1.42 bits per heavy atom. The van der Waals surface area contributed by atoms with E-state index in [1.165, 1.54) is 38.5 Å². The van der Waals surface area contributed by atoms with Crippen molar-refractivity contribution in [3.8, 4) is 5.75 Å². The minimum atomic E-state index is -0.0204. The summed E-state index contributed by atoms with van der Waals surface area (Å²) < 4.78 is 0. The molecule has 2 unspecified atom stereocenters. The number of nitrogens with zero attached hydrogens (tertiary/aromatic N) is 1. The van der Waals surface area contributed by atoms with Crippen LogP contribution in [0.4, 0.5) is 0 Å². The molecule has 3 nitrogen and oxygen atoms in total. The predicted octanol–water partition coefficient (Wildman–Crippen LogP) is 6.27. The first-order valence-electron chi connectivity index (χ1n) is 10.6. The smallest absolute Gasteiger partial charge is 0.257 e. The molecule has 148 valence electrons. The van der Waals surface area contributed by atoms with Crippen molar-refractivity contribution in [3.63, 3.8) is 0 Å². The molecule has 0 heterocycles. The van der Waals surface area contributed by atoms with E-state index < -0.39 is 0 Å². The highest BCUT2D eigenvalue weighted by molar-refractivity contribution is 5.96. The third-order valence-corrected chi connectivity index (χ3v) is 5.47. The molecule has 0 aliphatic carbocycles. The van der Waals surface area contributed by atoms with Gasteiger partial charge >= 0.3 is 0 Å². The molecule has 0 fully saturated rings. The molecular formula is C23H39NO2. The molecule has 0 aliphatic rings. The molecule has 0 saturated heterocycles. The van der Waals surface area contributed by atoms with Crippen molar-refractivity contribution in [1.29, 1.82) is 0 Å². The number of para-hydroxylation sites is 1. The van der Waals surface area contributed by atoms with E-state index in [1.807, 2.05) is 11.0 Å². The Kier molecular flexibility index (Phi) is 11.1. The van der Waals surface area contributed by atoms with E-state index >= 15 is 0 Å². The van der Waals surface area contributed by atoms with Gasteiger partial charge in [0.25, 0.3) is 5.91 Å². The summed E-state index contributed by atoms with van der Waals surface area (Å²) in [5.74, 6) is 1.14. The van der Waals surface area contributed by atoms with Gasteiger partial charge in [-0.25, -0.2) is 0 Å². The molecule has 0 spiro atoms. The van der Waals surface area contributed by atoms with E-state index in [9.17, 15) is 9.90 Å². The fourth-order valence-corrected chi connectivity index (χ4v) is 3.52. The second kappa shape index (κ2) is 12.8. The minimum Gasteiger partial charge on any atom is -0.507 e. The number of carbonyl (C=O) groups is 1. The first-order chi connectivity index (χ1) is 12.6. The van der Waals surface area contributed by atoms with Gasteiger partial charge in [-0.15, -0.1) is 0 Å². The number of phenolic OH excluding ortho intramolecular Hbond substituents is 1. The molecule has 1 aromatic carbocycles. The highest BCUT2D eigenvalue weighted by Crippen LogP contribution is 2.23. The maximum absolute atomic E-state index is 13.2. The summed E-state index contributed by atoms with van der Waals surface area (Å²) in [5.41, 5.74) is 0.434. The Labute approximate surface area is 160 Å². The first-order valence-corrected chi connectivity index (χ1v) is 10.6. The van der Waals surface area contributed by atoms with Gasteiger partial charge in [0.2, 0.25) is 0 Å². The quantitative estimate of drug-likeness (QED) is 0.450. The molecule has 1 rings (SSSR count). The number of benzene rings is 1. The summed E-state index contributed by atoms with van der Waals surface area (Å²) in [6, 6.07) is 6.94. The average molecular weight is 362 g/mol. The molecule has 1 N–H and O–H groups in total. The van der Waals surface area contributed by atoms with Crippen LogP contribution in [0.2, 0.25) is 0 Å². The molecule has 0 aromatic heterocycles. The van der Waals surface area contributed by atoms with Crippen LogP contribution in [0.5, 0.6) is 5.75 Å². The van der Waals surface area contributed by atoms with E-state index in [-0.39, 0.29) is 11.7 Å². The van der Waals surface area contributed by atoms with Crippen LogP contribution in [0.1, 0.15) is 89.4 Å². The molecule has 0 aliphatic heterocycles. The molecule has 0 saturated carbocycles. The molecular weight excluding hydrogens is 322 g/mol. The largest absolute Gasteiger partial charge is 0.507 e. The zero-order chi connectivity index (χ0) is 19.4. The van der Waals surface area contributed by atoms with Crippen LogP contribution >= 0.6 is 0 Å². The highest BCUT2D eigenvalue weighted by Gasteiger charge is 2.24. The Morgan fingerprint density at radius 3 is 1.85 bits per heavy atom.